The van der Waals surface area contributed by atoms with Gasteiger partial charge in [-0.1, -0.05) is 11.8 Å². The lowest BCUT2D eigenvalue weighted by Gasteiger charge is -2.07. The summed E-state index contributed by atoms with van der Waals surface area (Å²) in [5.74, 6) is -0.106. The molecule has 3 rings (SSSR count). The summed E-state index contributed by atoms with van der Waals surface area (Å²) in [5, 5.41) is 7.95. The maximum atomic E-state index is 12.2. The van der Waals surface area contributed by atoms with Crippen LogP contribution in [0, 0.1) is 0 Å². The summed E-state index contributed by atoms with van der Waals surface area (Å²) < 4.78 is 3.70. The fourth-order valence-corrected chi connectivity index (χ4v) is 2.66. The fraction of sp³-hybridized carbons (Fsp3) is 0.214. The summed E-state index contributed by atoms with van der Waals surface area (Å²) in [7, 11) is 1.94. The molecule has 0 unspecified atom stereocenters. The van der Waals surface area contributed by atoms with Crippen molar-refractivity contribution in [3.63, 3.8) is 0 Å². The van der Waals surface area contributed by atoms with E-state index in [0.29, 0.717) is 12.1 Å². The molecule has 0 aromatic carbocycles. The van der Waals surface area contributed by atoms with Crippen LogP contribution in [-0.2, 0) is 13.6 Å². The molecule has 108 valence electrons. The molecule has 0 radical (unpaired) electrons. The quantitative estimate of drug-likeness (QED) is 0.745. The Balaban J connectivity index is 1.72. The van der Waals surface area contributed by atoms with Gasteiger partial charge in [-0.3, -0.25) is 4.79 Å². The van der Waals surface area contributed by atoms with Gasteiger partial charge in [0.25, 0.3) is 5.91 Å². The molecule has 3 aromatic heterocycles. The van der Waals surface area contributed by atoms with Crippen molar-refractivity contribution in [2.75, 3.05) is 6.26 Å². The van der Waals surface area contributed by atoms with Gasteiger partial charge in [0, 0.05) is 25.0 Å². The van der Waals surface area contributed by atoms with Crippen molar-refractivity contribution in [2.45, 2.75) is 11.7 Å². The highest BCUT2D eigenvalue weighted by Gasteiger charge is 2.09. The zero-order chi connectivity index (χ0) is 14.8. The molecule has 0 aliphatic carbocycles. The summed E-state index contributed by atoms with van der Waals surface area (Å²) in [4.78, 5) is 16.5. The normalized spacial score (nSPS) is 11.0. The molecule has 0 saturated carbocycles. The number of amides is 1. The van der Waals surface area contributed by atoms with Crippen molar-refractivity contribution < 1.29 is 4.79 Å². The van der Waals surface area contributed by atoms with Crippen LogP contribution in [-0.4, -0.2) is 31.3 Å². The summed E-state index contributed by atoms with van der Waals surface area (Å²) in [5.41, 5.74) is 2.49. The molecule has 0 spiro atoms. The standard InChI is InChI=1S/C14H15N5OS/c1-18-12(9-16-14(18)21-2)8-15-13(20)10-4-6-19-11(7-10)3-5-17-19/h3-7,9H,8H2,1-2H3,(H,15,20). The van der Waals surface area contributed by atoms with Gasteiger partial charge in [-0.2, -0.15) is 5.10 Å². The van der Waals surface area contributed by atoms with Crippen LogP contribution < -0.4 is 5.32 Å². The van der Waals surface area contributed by atoms with Gasteiger partial charge in [-0.25, -0.2) is 9.50 Å². The molecule has 0 aliphatic rings. The van der Waals surface area contributed by atoms with Crippen LogP contribution in [0.5, 0.6) is 0 Å². The highest BCUT2D eigenvalue weighted by Crippen LogP contribution is 2.13. The van der Waals surface area contributed by atoms with E-state index in [-0.39, 0.29) is 5.91 Å². The van der Waals surface area contributed by atoms with E-state index in [1.165, 1.54) is 0 Å². The molecular weight excluding hydrogens is 286 g/mol. The highest BCUT2D eigenvalue weighted by molar-refractivity contribution is 7.98. The number of hydrogen-bond acceptors (Lipinski definition) is 4. The zero-order valence-electron chi connectivity index (χ0n) is 11.8. The van der Waals surface area contributed by atoms with E-state index in [1.807, 2.05) is 30.0 Å². The number of aromatic nitrogens is 4. The van der Waals surface area contributed by atoms with E-state index in [1.54, 1.807) is 40.9 Å². The van der Waals surface area contributed by atoms with E-state index >= 15 is 0 Å². The van der Waals surface area contributed by atoms with Crippen molar-refractivity contribution in [3.8, 4) is 0 Å². The summed E-state index contributed by atoms with van der Waals surface area (Å²) in [6.07, 6.45) is 7.24. The SMILES string of the molecule is CSc1ncc(CNC(=O)c2ccn3nccc3c2)n1C. The van der Waals surface area contributed by atoms with E-state index in [0.717, 1.165) is 16.4 Å². The van der Waals surface area contributed by atoms with Crippen LogP contribution in [0.25, 0.3) is 5.52 Å². The summed E-state index contributed by atoms with van der Waals surface area (Å²) in [6, 6.07) is 5.44. The Labute approximate surface area is 126 Å². The molecule has 6 nitrogen and oxygen atoms in total. The third kappa shape index (κ3) is 2.64. The van der Waals surface area contributed by atoms with Gasteiger partial charge in [0.15, 0.2) is 5.16 Å². The van der Waals surface area contributed by atoms with E-state index in [2.05, 4.69) is 15.4 Å². The fourth-order valence-electron chi connectivity index (χ4n) is 2.12. The average molecular weight is 301 g/mol. The molecule has 0 atom stereocenters. The molecule has 1 amide bonds. The number of rotatable bonds is 4. The highest BCUT2D eigenvalue weighted by atomic mass is 32.2. The average Bonchev–Trinajstić information content (AvgIpc) is 3.10. The molecule has 3 heterocycles. The Bertz CT molecular complexity index is 792. The lowest BCUT2D eigenvalue weighted by molar-refractivity contribution is 0.0950. The number of carbonyl (C=O) groups excluding carboxylic acids is 1. The topological polar surface area (TPSA) is 64.2 Å². The van der Waals surface area contributed by atoms with Gasteiger partial charge in [-0.05, 0) is 24.5 Å². The van der Waals surface area contributed by atoms with Gasteiger partial charge in [0.2, 0.25) is 0 Å². The predicted molar refractivity (Wildman–Crippen MR) is 81.4 cm³/mol. The minimum atomic E-state index is -0.106. The lowest BCUT2D eigenvalue weighted by Crippen LogP contribution is -2.24. The number of carbonyl (C=O) groups is 1. The molecule has 0 fully saturated rings. The second-order valence-corrected chi connectivity index (χ2v) is 5.37. The largest absolute Gasteiger partial charge is 0.346 e. The third-order valence-corrected chi connectivity index (χ3v) is 4.06. The molecule has 21 heavy (non-hydrogen) atoms. The van der Waals surface area contributed by atoms with Crippen molar-refractivity contribution in [3.05, 3.63) is 48.0 Å². The van der Waals surface area contributed by atoms with Crippen LogP contribution >= 0.6 is 11.8 Å². The first-order valence-corrected chi connectivity index (χ1v) is 7.67. The van der Waals surface area contributed by atoms with Crippen LogP contribution in [0.15, 0.2) is 41.9 Å². The molecule has 0 saturated heterocycles. The first kappa shape index (κ1) is 13.7. The molecule has 0 bridgehead atoms. The number of nitrogens with zero attached hydrogens (tertiary/aromatic N) is 4. The van der Waals surface area contributed by atoms with Gasteiger partial charge < -0.3 is 9.88 Å². The number of thioether (sulfide) groups is 1. The van der Waals surface area contributed by atoms with Gasteiger partial charge in [-0.15, -0.1) is 0 Å². The van der Waals surface area contributed by atoms with Crippen molar-refractivity contribution >= 4 is 23.2 Å². The lowest BCUT2D eigenvalue weighted by atomic mass is 10.2. The number of fused-ring (bicyclic) bond motifs is 1. The van der Waals surface area contributed by atoms with E-state index < -0.39 is 0 Å². The first-order valence-electron chi connectivity index (χ1n) is 6.45. The zero-order valence-corrected chi connectivity index (χ0v) is 12.6. The molecule has 7 heteroatoms. The summed E-state index contributed by atoms with van der Waals surface area (Å²) >= 11 is 1.58. The number of nitrogens with one attached hydrogen (secondary N) is 1. The van der Waals surface area contributed by atoms with Crippen molar-refractivity contribution in [1.29, 1.82) is 0 Å². The predicted octanol–water partition coefficient (Wildman–Crippen LogP) is 1.72. The number of hydrogen-bond donors (Lipinski definition) is 1. The van der Waals surface area contributed by atoms with Crippen LogP contribution in [0.3, 0.4) is 0 Å². The Kier molecular flexibility index (Phi) is 3.66. The Hall–Kier alpha value is -2.28. The van der Waals surface area contributed by atoms with Gasteiger partial charge in [0.05, 0.1) is 24.0 Å². The second-order valence-electron chi connectivity index (χ2n) is 4.59. The number of imidazole rings is 1. The molecular formula is C14H15N5OS. The van der Waals surface area contributed by atoms with Gasteiger partial charge in [0.1, 0.15) is 0 Å². The molecule has 1 N–H and O–H groups in total. The van der Waals surface area contributed by atoms with Crippen LogP contribution in [0.4, 0.5) is 0 Å². The van der Waals surface area contributed by atoms with Crippen LogP contribution in [0.1, 0.15) is 16.1 Å². The maximum absolute atomic E-state index is 12.2. The van der Waals surface area contributed by atoms with E-state index in [9.17, 15) is 4.79 Å². The second kappa shape index (κ2) is 5.61. The maximum Gasteiger partial charge on any atom is 0.251 e. The Morgan fingerprint density at radius 2 is 2.29 bits per heavy atom. The van der Waals surface area contributed by atoms with Crippen molar-refractivity contribution in [2.24, 2.45) is 7.05 Å². The monoisotopic (exact) mass is 301 g/mol. The minimum Gasteiger partial charge on any atom is -0.346 e. The molecule has 3 aromatic rings. The minimum absolute atomic E-state index is 0.106. The van der Waals surface area contributed by atoms with E-state index in [4.69, 9.17) is 0 Å². The Morgan fingerprint density at radius 1 is 1.43 bits per heavy atom. The first-order chi connectivity index (χ1) is 10.2. The summed E-state index contributed by atoms with van der Waals surface area (Å²) in [6.45, 7) is 0.452. The van der Waals surface area contributed by atoms with Gasteiger partial charge >= 0.3 is 0 Å². The molecule has 0 aliphatic heterocycles. The van der Waals surface area contributed by atoms with Crippen molar-refractivity contribution in [1.82, 2.24) is 24.5 Å². The third-order valence-electron chi connectivity index (χ3n) is 3.32. The number of pyridine rings is 1. The smallest absolute Gasteiger partial charge is 0.251 e. The van der Waals surface area contributed by atoms with Crippen LogP contribution in [0.2, 0.25) is 0 Å². The Morgan fingerprint density at radius 3 is 3.05 bits per heavy atom.